The normalized spacial score (nSPS) is 15.9. The molecule has 158 valence electrons. The second kappa shape index (κ2) is 8.40. The smallest absolute Gasteiger partial charge is 0.295 e. The highest BCUT2D eigenvalue weighted by Crippen LogP contribution is 2.33. The molecular weight excluding hydrogens is 418 g/mol. The average molecular weight is 440 g/mol. The summed E-state index contributed by atoms with van der Waals surface area (Å²) in [6.45, 7) is 1.97. The molecule has 5 rings (SSSR count). The first-order valence-corrected chi connectivity index (χ1v) is 11.2. The van der Waals surface area contributed by atoms with Gasteiger partial charge in [0.1, 0.15) is 0 Å². The minimum absolute atomic E-state index is 0.262. The predicted octanol–water partition coefficient (Wildman–Crippen LogP) is 6.53. The lowest BCUT2D eigenvalue weighted by Gasteiger charge is -2.15. The van der Waals surface area contributed by atoms with Crippen molar-refractivity contribution in [3.63, 3.8) is 0 Å². The summed E-state index contributed by atoms with van der Waals surface area (Å²) in [5.41, 5.74) is 4.42. The number of hydrogen-bond donors (Lipinski definition) is 2. The molecule has 1 aliphatic rings. The first kappa shape index (κ1) is 20.2. The third-order valence-corrected chi connectivity index (χ3v) is 6.33. The molecule has 2 amide bonds. The first-order chi connectivity index (χ1) is 15.6. The molecule has 1 aliphatic heterocycles. The molecule has 0 spiro atoms. The lowest BCUT2D eigenvalue weighted by molar-refractivity contribution is -0.116. The molecule has 0 aliphatic carbocycles. The van der Waals surface area contributed by atoms with E-state index in [1.165, 1.54) is 10.3 Å². The Labute approximate surface area is 190 Å². The van der Waals surface area contributed by atoms with Crippen molar-refractivity contribution >= 4 is 56.4 Å². The zero-order valence-corrected chi connectivity index (χ0v) is 18.2. The van der Waals surface area contributed by atoms with Crippen LogP contribution in [0.3, 0.4) is 0 Å². The monoisotopic (exact) mass is 439 g/mol. The van der Waals surface area contributed by atoms with Crippen molar-refractivity contribution < 1.29 is 9.59 Å². The standard InChI is InChI=1S/C26H21N3O2S/c1-17-9-15-21(16-10-17)29-25(30)24(32-26(29)31)28-20-13-11-19(12-14-20)27-23-8-4-6-18-5-2-3-7-22(18)23/h2-16,24,27-28H,1H3. The number of imide groups is 1. The molecule has 32 heavy (non-hydrogen) atoms. The quantitative estimate of drug-likeness (QED) is 0.370. The van der Waals surface area contributed by atoms with Crippen molar-refractivity contribution in [2.75, 3.05) is 15.5 Å². The van der Waals surface area contributed by atoms with Gasteiger partial charge in [0, 0.05) is 22.4 Å². The third-order valence-electron chi connectivity index (χ3n) is 5.39. The van der Waals surface area contributed by atoms with Crippen molar-refractivity contribution in [1.82, 2.24) is 0 Å². The summed E-state index contributed by atoms with van der Waals surface area (Å²) < 4.78 is 0. The van der Waals surface area contributed by atoms with Crippen LogP contribution in [0, 0.1) is 6.92 Å². The number of fused-ring (bicyclic) bond motifs is 1. The number of thioether (sulfide) groups is 1. The van der Waals surface area contributed by atoms with Crippen molar-refractivity contribution in [2.45, 2.75) is 12.3 Å². The maximum Gasteiger partial charge on any atom is 0.295 e. The highest BCUT2D eigenvalue weighted by molar-refractivity contribution is 8.16. The van der Waals surface area contributed by atoms with Crippen LogP contribution in [-0.4, -0.2) is 16.5 Å². The number of hydrogen-bond acceptors (Lipinski definition) is 5. The van der Waals surface area contributed by atoms with Gasteiger partial charge >= 0.3 is 0 Å². The molecule has 0 saturated carbocycles. The highest BCUT2D eigenvalue weighted by atomic mass is 32.2. The second-order valence-corrected chi connectivity index (χ2v) is 8.70. The number of nitrogens with zero attached hydrogens (tertiary/aromatic N) is 1. The van der Waals surface area contributed by atoms with Crippen LogP contribution in [0.25, 0.3) is 10.8 Å². The Bertz CT molecular complexity index is 1300. The minimum atomic E-state index is -0.652. The molecule has 1 fully saturated rings. The summed E-state index contributed by atoms with van der Waals surface area (Å²) in [5.74, 6) is -0.262. The van der Waals surface area contributed by atoms with Crippen LogP contribution in [0.4, 0.5) is 27.5 Å². The van der Waals surface area contributed by atoms with E-state index in [1.807, 2.05) is 67.6 Å². The fourth-order valence-corrected chi connectivity index (χ4v) is 4.62. The number of aryl methyl sites for hydroxylation is 1. The summed E-state index contributed by atoms with van der Waals surface area (Å²) >= 11 is 0.995. The Morgan fingerprint density at radius 2 is 1.47 bits per heavy atom. The van der Waals surface area contributed by atoms with Crippen LogP contribution in [0.2, 0.25) is 0 Å². The fraction of sp³-hybridized carbons (Fsp3) is 0.0769. The van der Waals surface area contributed by atoms with E-state index in [-0.39, 0.29) is 11.1 Å². The van der Waals surface area contributed by atoms with Crippen LogP contribution in [0.15, 0.2) is 91.0 Å². The second-order valence-electron chi connectivity index (χ2n) is 7.65. The molecule has 0 radical (unpaired) electrons. The number of carbonyl (C=O) groups excluding carboxylic acids is 2. The lowest BCUT2D eigenvalue weighted by Crippen LogP contribution is -2.34. The summed E-state index contributed by atoms with van der Waals surface area (Å²) in [7, 11) is 0. The van der Waals surface area contributed by atoms with Gasteiger partial charge in [0.2, 0.25) is 0 Å². The molecule has 4 aromatic rings. The van der Waals surface area contributed by atoms with Crippen LogP contribution in [-0.2, 0) is 4.79 Å². The van der Waals surface area contributed by atoms with E-state index in [4.69, 9.17) is 0 Å². The van der Waals surface area contributed by atoms with Crippen molar-refractivity contribution in [3.05, 3.63) is 96.6 Å². The average Bonchev–Trinajstić information content (AvgIpc) is 3.09. The molecule has 0 aromatic heterocycles. The van der Waals surface area contributed by atoms with Crippen molar-refractivity contribution in [1.29, 1.82) is 0 Å². The van der Waals surface area contributed by atoms with Gasteiger partial charge in [-0.05, 0) is 66.5 Å². The number of anilines is 4. The minimum Gasteiger partial charge on any atom is -0.365 e. The summed E-state index contributed by atoms with van der Waals surface area (Å²) in [6, 6.07) is 29.5. The maximum absolute atomic E-state index is 12.8. The van der Waals surface area contributed by atoms with Gasteiger partial charge in [0.25, 0.3) is 11.1 Å². The Balaban J connectivity index is 1.29. The Morgan fingerprint density at radius 3 is 2.25 bits per heavy atom. The van der Waals surface area contributed by atoms with E-state index >= 15 is 0 Å². The van der Waals surface area contributed by atoms with E-state index in [2.05, 4.69) is 28.8 Å². The van der Waals surface area contributed by atoms with Gasteiger partial charge in [-0.25, -0.2) is 4.90 Å². The molecule has 1 atom stereocenters. The van der Waals surface area contributed by atoms with Crippen LogP contribution >= 0.6 is 11.8 Å². The van der Waals surface area contributed by atoms with Gasteiger partial charge in [0.15, 0.2) is 5.37 Å². The van der Waals surface area contributed by atoms with Crippen molar-refractivity contribution in [3.8, 4) is 0 Å². The molecule has 1 saturated heterocycles. The molecule has 6 heteroatoms. The topological polar surface area (TPSA) is 61.4 Å². The van der Waals surface area contributed by atoms with E-state index in [9.17, 15) is 9.59 Å². The van der Waals surface area contributed by atoms with Gasteiger partial charge in [-0.15, -0.1) is 0 Å². The number of nitrogens with one attached hydrogen (secondary N) is 2. The third kappa shape index (κ3) is 3.92. The molecule has 4 aromatic carbocycles. The zero-order chi connectivity index (χ0) is 22.1. The Morgan fingerprint density at radius 1 is 0.781 bits per heavy atom. The SMILES string of the molecule is Cc1ccc(N2C(=O)SC(Nc3ccc(Nc4cccc5ccccc45)cc3)C2=O)cc1. The van der Waals surface area contributed by atoms with Crippen LogP contribution in [0.1, 0.15) is 5.56 Å². The Kier molecular flexibility index (Phi) is 5.29. The van der Waals surface area contributed by atoms with Crippen LogP contribution < -0.4 is 15.5 Å². The Hall–Kier alpha value is -3.77. The maximum atomic E-state index is 12.8. The number of benzene rings is 4. The largest absolute Gasteiger partial charge is 0.365 e. The van der Waals surface area contributed by atoms with Gasteiger partial charge in [-0.1, -0.05) is 54.1 Å². The molecule has 1 heterocycles. The number of amides is 2. The molecule has 2 N–H and O–H groups in total. The lowest BCUT2D eigenvalue weighted by atomic mass is 10.1. The van der Waals surface area contributed by atoms with Gasteiger partial charge < -0.3 is 10.6 Å². The molecule has 0 bridgehead atoms. The van der Waals surface area contributed by atoms with Crippen LogP contribution in [0.5, 0.6) is 0 Å². The molecular formula is C26H21N3O2S. The zero-order valence-electron chi connectivity index (χ0n) is 17.4. The highest BCUT2D eigenvalue weighted by Gasteiger charge is 2.40. The van der Waals surface area contributed by atoms with Gasteiger partial charge in [-0.3, -0.25) is 9.59 Å². The fourth-order valence-electron chi connectivity index (χ4n) is 3.72. The molecule has 1 unspecified atom stereocenters. The summed E-state index contributed by atoms with van der Waals surface area (Å²) in [4.78, 5) is 26.5. The number of carbonyl (C=O) groups is 2. The van der Waals surface area contributed by atoms with Gasteiger partial charge in [-0.2, -0.15) is 0 Å². The van der Waals surface area contributed by atoms with Crippen molar-refractivity contribution in [2.24, 2.45) is 0 Å². The van der Waals surface area contributed by atoms with E-state index in [0.717, 1.165) is 39.8 Å². The summed E-state index contributed by atoms with van der Waals surface area (Å²) in [5, 5.41) is 8.03. The molecule has 5 nitrogen and oxygen atoms in total. The van der Waals surface area contributed by atoms with Gasteiger partial charge in [0.05, 0.1) is 5.69 Å². The van der Waals surface area contributed by atoms with E-state index < -0.39 is 5.37 Å². The number of rotatable bonds is 5. The summed E-state index contributed by atoms with van der Waals surface area (Å²) in [6.07, 6.45) is 0. The van der Waals surface area contributed by atoms with E-state index in [1.54, 1.807) is 12.1 Å². The first-order valence-electron chi connectivity index (χ1n) is 10.3. The van der Waals surface area contributed by atoms with E-state index in [0.29, 0.717) is 5.69 Å². The predicted molar refractivity (Wildman–Crippen MR) is 133 cm³/mol.